The monoisotopic (exact) mass is 293 g/mol. The first-order valence-electron chi connectivity index (χ1n) is 7.24. The van der Waals surface area contributed by atoms with E-state index in [1.165, 1.54) is 5.56 Å². The number of nitrogens with one attached hydrogen (secondary N) is 1. The standard InChI is InChI=1S/C17H19N5/c1-11-6-5-7-15(8-11)20-16-10-14(4)21-22(16)17-18-12(2)9-13(3)19-17/h5-10,20H,1-4H3. The van der Waals surface area contributed by atoms with E-state index in [4.69, 9.17) is 0 Å². The predicted octanol–water partition coefficient (Wildman–Crippen LogP) is 3.64. The fourth-order valence-corrected chi connectivity index (χ4v) is 2.41. The van der Waals surface area contributed by atoms with Crippen molar-refractivity contribution in [3.05, 3.63) is 59.0 Å². The molecule has 0 aliphatic carbocycles. The molecule has 22 heavy (non-hydrogen) atoms. The predicted molar refractivity (Wildman–Crippen MR) is 87.8 cm³/mol. The van der Waals surface area contributed by atoms with Gasteiger partial charge in [-0.2, -0.15) is 9.78 Å². The molecule has 0 radical (unpaired) electrons. The van der Waals surface area contributed by atoms with Crippen molar-refractivity contribution in [2.45, 2.75) is 27.7 Å². The molecule has 0 amide bonds. The van der Waals surface area contributed by atoms with Crippen LogP contribution in [0.1, 0.15) is 22.6 Å². The van der Waals surface area contributed by atoms with E-state index in [2.05, 4.69) is 39.4 Å². The third-order valence-electron chi connectivity index (χ3n) is 3.28. The van der Waals surface area contributed by atoms with E-state index < -0.39 is 0 Å². The Morgan fingerprint density at radius 3 is 2.27 bits per heavy atom. The van der Waals surface area contributed by atoms with Gasteiger partial charge in [0.15, 0.2) is 0 Å². The molecule has 0 bridgehead atoms. The first-order valence-corrected chi connectivity index (χ1v) is 7.24. The van der Waals surface area contributed by atoms with Crippen molar-refractivity contribution in [3.8, 4) is 5.95 Å². The summed E-state index contributed by atoms with van der Waals surface area (Å²) >= 11 is 0. The van der Waals surface area contributed by atoms with E-state index in [-0.39, 0.29) is 0 Å². The normalized spacial score (nSPS) is 10.7. The molecule has 0 fully saturated rings. The van der Waals surface area contributed by atoms with Gasteiger partial charge in [-0.05, 0) is 51.5 Å². The summed E-state index contributed by atoms with van der Waals surface area (Å²) in [4.78, 5) is 8.97. The lowest BCUT2D eigenvalue weighted by Gasteiger charge is -2.10. The molecule has 3 aromatic rings. The highest BCUT2D eigenvalue weighted by molar-refractivity contribution is 5.59. The first-order chi connectivity index (χ1) is 10.5. The van der Waals surface area contributed by atoms with Gasteiger partial charge in [0.1, 0.15) is 5.82 Å². The zero-order valence-corrected chi connectivity index (χ0v) is 13.3. The number of benzene rings is 1. The summed E-state index contributed by atoms with van der Waals surface area (Å²) < 4.78 is 1.75. The van der Waals surface area contributed by atoms with Crippen molar-refractivity contribution in [3.63, 3.8) is 0 Å². The number of nitrogens with zero attached hydrogens (tertiary/aromatic N) is 4. The fourth-order valence-electron chi connectivity index (χ4n) is 2.41. The number of aromatic nitrogens is 4. The van der Waals surface area contributed by atoms with Crippen molar-refractivity contribution in [1.29, 1.82) is 0 Å². The molecule has 0 saturated carbocycles. The molecule has 0 saturated heterocycles. The quantitative estimate of drug-likeness (QED) is 0.801. The molecule has 0 atom stereocenters. The van der Waals surface area contributed by atoms with Crippen LogP contribution in [-0.4, -0.2) is 19.7 Å². The van der Waals surface area contributed by atoms with Crippen LogP contribution in [0.5, 0.6) is 0 Å². The van der Waals surface area contributed by atoms with Crippen molar-refractivity contribution < 1.29 is 0 Å². The minimum atomic E-state index is 0.584. The summed E-state index contributed by atoms with van der Waals surface area (Å²) in [5, 5.41) is 7.90. The summed E-state index contributed by atoms with van der Waals surface area (Å²) in [6.07, 6.45) is 0. The van der Waals surface area contributed by atoms with E-state index in [0.29, 0.717) is 5.95 Å². The Kier molecular flexibility index (Phi) is 3.63. The zero-order valence-electron chi connectivity index (χ0n) is 13.3. The minimum Gasteiger partial charge on any atom is -0.340 e. The molecule has 3 rings (SSSR count). The molecule has 112 valence electrons. The van der Waals surface area contributed by atoms with Crippen LogP contribution >= 0.6 is 0 Å². The SMILES string of the molecule is Cc1cccc(Nc2cc(C)nn2-c2nc(C)cc(C)n2)c1. The van der Waals surface area contributed by atoms with Crippen molar-refractivity contribution in [1.82, 2.24) is 19.7 Å². The zero-order chi connectivity index (χ0) is 15.7. The smallest absolute Gasteiger partial charge is 0.252 e. The van der Waals surface area contributed by atoms with Crippen LogP contribution in [0.4, 0.5) is 11.5 Å². The van der Waals surface area contributed by atoms with Gasteiger partial charge in [0.2, 0.25) is 0 Å². The van der Waals surface area contributed by atoms with Gasteiger partial charge in [-0.15, -0.1) is 0 Å². The van der Waals surface area contributed by atoms with Crippen LogP contribution in [0, 0.1) is 27.7 Å². The second-order valence-electron chi connectivity index (χ2n) is 5.53. The molecule has 5 heteroatoms. The summed E-state index contributed by atoms with van der Waals surface area (Å²) in [6, 6.07) is 12.2. The van der Waals surface area contributed by atoms with Gasteiger partial charge in [0.05, 0.1) is 5.69 Å². The second-order valence-corrected chi connectivity index (χ2v) is 5.53. The highest BCUT2D eigenvalue weighted by Gasteiger charge is 2.11. The maximum Gasteiger partial charge on any atom is 0.252 e. The third kappa shape index (κ3) is 2.98. The van der Waals surface area contributed by atoms with Crippen molar-refractivity contribution in [2.24, 2.45) is 0 Å². The van der Waals surface area contributed by atoms with Crippen LogP contribution in [0.2, 0.25) is 0 Å². The lowest BCUT2D eigenvalue weighted by Crippen LogP contribution is -2.08. The molecular formula is C17H19N5. The van der Waals surface area contributed by atoms with Gasteiger partial charge < -0.3 is 5.32 Å². The Balaban J connectivity index is 2.03. The average Bonchev–Trinajstić information content (AvgIpc) is 2.78. The van der Waals surface area contributed by atoms with Gasteiger partial charge in [-0.3, -0.25) is 0 Å². The van der Waals surface area contributed by atoms with Gasteiger partial charge in [0.25, 0.3) is 5.95 Å². The number of anilines is 2. The molecule has 2 heterocycles. The molecule has 5 nitrogen and oxygen atoms in total. The molecule has 1 N–H and O–H groups in total. The summed E-state index contributed by atoms with van der Waals surface area (Å²) in [5.41, 5.74) is 4.99. The largest absolute Gasteiger partial charge is 0.340 e. The Hall–Kier alpha value is -2.69. The highest BCUT2D eigenvalue weighted by atomic mass is 15.4. The average molecular weight is 293 g/mol. The second kappa shape index (κ2) is 5.60. The maximum atomic E-state index is 4.51. The van der Waals surface area contributed by atoms with Crippen molar-refractivity contribution >= 4 is 11.5 Å². The van der Waals surface area contributed by atoms with Crippen molar-refractivity contribution in [2.75, 3.05) is 5.32 Å². The summed E-state index contributed by atoms with van der Waals surface area (Å²) in [6.45, 7) is 7.95. The number of aryl methyl sites for hydroxylation is 4. The maximum absolute atomic E-state index is 4.51. The van der Waals surface area contributed by atoms with Crippen LogP contribution in [0.3, 0.4) is 0 Å². The van der Waals surface area contributed by atoms with E-state index in [0.717, 1.165) is 28.6 Å². The Morgan fingerprint density at radius 1 is 0.864 bits per heavy atom. The topological polar surface area (TPSA) is 55.6 Å². The van der Waals surface area contributed by atoms with Gasteiger partial charge in [-0.1, -0.05) is 12.1 Å². The molecular weight excluding hydrogens is 274 g/mol. The first kappa shape index (κ1) is 14.3. The number of hydrogen-bond donors (Lipinski definition) is 1. The van der Waals surface area contributed by atoms with E-state index in [1.54, 1.807) is 4.68 Å². The lowest BCUT2D eigenvalue weighted by atomic mass is 10.2. The molecule has 0 aliphatic rings. The highest BCUT2D eigenvalue weighted by Crippen LogP contribution is 2.21. The Labute approximate surface area is 130 Å². The minimum absolute atomic E-state index is 0.584. The van der Waals surface area contributed by atoms with Crippen LogP contribution in [0.25, 0.3) is 5.95 Å². The Morgan fingerprint density at radius 2 is 1.59 bits per heavy atom. The summed E-state index contributed by atoms with van der Waals surface area (Å²) in [7, 11) is 0. The third-order valence-corrected chi connectivity index (χ3v) is 3.28. The van der Waals surface area contributed by atoms with Gasteiger partial charge >= 0.3 is 0 Å². The van der Waals surface area contributed by atoms with E-state index in [1.807, 2.05) is 45.0 Å². The van der Waals surface area contributed by atoms with Gasteiger partial charge in [-0.25, -0.2) is 9.97 Å². The van der Waals surface area contributed by atoms with Gasteiger partial charge in [0, 0.05) is 23.1 Å². The molecule has 1 aromatic carbocycles. The summed E-state index contributed by atoms with van der Waals surface area (Å²) in [5.74, 6) is 1.44. The molecule has 0 spiro atoms. The van der Waals surface area contributed by atoms with Crippen LogP contribution in [0.15, 0.2) is 36.4 Å². The van der Waals surface area contributed by atoms with E-state index >= 15 is 0 Å². The number of rotatable bonds is 3. The Bertz CT molecular complexity index is 799. The van der Waals surface area contributed by atoms with E-state index in [9.17, 15) is 0 Å². The lowest BCUT2D eigenvalue weighted by molar-refractivity contribution is 0.790. The van der Waals surface area contributed by atoms with Crippen LogP contribution in [-0.2, 0) is 0 Å². The molecule has 0 aliphatic heterocycles. The molecule has 2 aromatic heterocycles. The fraction of sp³-hybridized carbons (Fsp3) is 0.235. The van der Waals surface area contributed by atoms with Crippen LogP contribution < -0.4 is 5.32 Å². The molecule has 0 unspecified atom stereocenters. The number of hydrogen-bond acceptors (Lipinski definition) is 4.